The van der Waals surface area contributed by atoms with Crippen LogP contribution in [-0.2, 0) is 10.5 Å². The first-order chi connectivity index (χ1) is 17.1. The largest absolute Gasteiger partial charge is 0.391 e. The van der Waals surface area contributed by atoms with E-state index in [2.05, 4.69) is 6.92 Å². The van der Waals surface area contributed by atoms with Gasteiger partial charge in [-0.1, -0.05) is 11.6 Å². The molecule has 0 bridgehead atoms. The van der Waals surface area contributed by atoms with E-state index in [1.807, 2.05) is 36.9 Å². The van der Waals surface area contributed by atoms with Gasteiger partial charge in [0.1, 0.15) is 5.03 Å². The van der Waals surface area contributed by atoms with Crippen LogP contribution in [0.1, 0.15) is 61.3 Å². The molecule has 0 spiro atoms. The quantitative estimate of drug-likeness (QED) is 0.487. The molecule has 36 heavy (non-hydrogen) atoms. The number of ether oxygens (including phenoxy) is 1. The number of aliphatic hydroxyl groups excluding tert-OH is 1. The summed E-state index contributed by atoms with van der Waals surface area (Å²) in [6.45, 7) is 7.73. The van der Waals surface area contributed by atoms with Crippen molar-refractivity contribution >= 4 is 46.6 Å². The molecule has 8 nitrogen and oxygen atoms in total. The molecule has 198 valence electrons. The first kappa shape index (κ1) is 27.4. The lowest BCUT2D eigenvalue weighted by Gasteiger charge is -2.40. The molecule has 2 aliphatic heterocycles. The van der Waals surface area contributed by atoms with Crippen LogP contribution in [0.2, 0.25) is 4.34 Å². The molecule has 2 aromatic rings. The van der Waals surface area contributed by atoms with Crippen molar-refractivity contribution < 1.29 is 19.4 Å². The van der Waals surface area contributed by atoms with Gasteiger partial charge in [0.2, 0.25) is 0 Å². The van der Waals surface area contributed by atoms with E-state index in [1.165, 1.54) is 16.0 Å². The Morgan fingerprint density at radius 2 is 2.08 bits per heavy atom. The number of rotatable bonds is 7. The van der Waals surface area contributed by atoms with Crippen molar-refractivity contribution in [3.05, 3.63) is 33.1 Å². The predicted molar refractivity (Wildman–Crippen MR) is 143 cm³/mol. The molecule has 0 aromatic carbocycles. The van der Waals surface area contributed by atoms with Gasteiger partial charge in [0.05, 0.1) is 28.2 Å². The molecule has 2 saturated heterocycles. The number of nitrogens with zero attached hydrogens (tertiary/aromatic N) is 4. The number of urea groups is 1. The van der Waals surface area contributed by atoms with Gasteiger partial charge in [-0.15, -0.1) is 23.1 Å². The monoisotopic (exact) mass is 554 g/mol. The fraction of sp³-hybridized carbons (Fsp3) is 0.640. The van der Waals surface area contributed by atoms with Crippen molar-refractivity contribution in [3.8, 4) is 0 Å². The lowest BCUT2D eigenvalue weighted by molar-refractivity contribution is 0.0513. The van der Waals surface area contributed by atoms with E-state index in [-0.39, 0.29) is 30.5 Å². The number of hydrogen-bond donors (Lipinski definition) is 1. The van der Waals surface area contributed by atoms with E-state index in [0.717, 1.165) is 32.8 Å². The molecule has 2 aromatic heterocycles. The van der Waals surface area contributed by atoms with Gasteiger partial charge in [-0.25, -0.2) is 4.79 Å². The van der Waals surface area contributed by atoms with Crippen molar-refractivity contribution in [2.75, 3.05) is 33.4 Å². The molecule has 2 amide bonds. The number of carbonyl (C=O) groups excluding carboxylic acids is 2. The summed E-state index contributed by atoms with van der Waals surface area (Å²) in [5.41, 5.74) is 0.0887. The van der Waals surface area contributed by atoms with Crippen molar-refractivity contribution in [1.29, 1.82) is 0 Å². The van der Waals surface area contributed by atoms with E-state index in [4.69, 9.17) is 21.4 Å². The summed E-state index contributed by atoms with van der Waals surface area (Å²) >= 11 is 9.20. The molecule has 4 heterocycles. The van der Waals surface area contributed by atoms with Gasteiger partial charge >= 0.3 is 6.03 Å². The maximum absolute atomic E-state index is 13.5. The second kappa shape index (κ2) is 11.4. The van der Waals surface area contributed by atoms with Crippen LogP contribution in [0.3, 0.4) is 0 Å². The van der Waals surface area contributed by atoms with Crippen LogP contribution in [0.5, 0.6) is 0 Å². The van der Waals surface area contributed by atoms with E-state index in [9.17, 15) is 14.7 Å². The fourth-order valence-corrected chi connectivity index (χ4v) is 7.13. The van der Waals surface area contributed by atoms with Gasteiger partial charge in [0.15, 0.2) is 0 Å². The summed E-state index contributed by atoms with van der Waals surface area (Å²) in [5, 5.41) is 15.5. The fourth-order valence-electron chi connectivity index (χ4n) is 5.00. The molecule has 0 aliphatic carbocycles. The number of hydrogen-bond acceptors (Lipinski definition) is 7. The number of amides is 2. The minimum absolute atomic E-state index is 0.0188. The van der Waals surface area contributed by atoms with E-state index in [0.29, 0.717) is 31.8 Å². The highest BCUT2D eigenvalue weighted by Gasteiger charge is 2.38. The summed E-state index contributed by atoms with van der Waals surface area (Å²) in [6, 6.07) is 5.80. The molecule has 1 N–H and O–H groups in total. The van der Waals surface area contributed by atoms with Crippen LogP contribution >= 0.6 is 34.7 Å². The maximum Gasteiger partial charge on any atom is 0.320 e. The summed E-state index contributed by atoms with van der Waals surface area (Å²) in [7, 11) is 1.59. The minimum Gasteiger partial charge on any atom is -0.391 e. The minimum atomic E-state index is -0.740. The van der Waals surface area contributed by atoms with Gasteiger partial charge in [-0.3, -0.25) is 4.79 Å². The summed E-state index contributed by atoms with van der Waals surface area (Å²) in [6.07, 6.45) is 1.94. The summed E-state index contributed by atoms with van der Waals surface area (Å²) in [4.78, 5) is 31.5. The normalized spacial score (nSPS) is 22.9. The SMILES string of the molecule is COCC(C)(C)C(=O)n1nc(C2CCCN(C(=O)N3CCC(O)C3)C2C)cc1SCc1ccc(Cl)s1. The van der Waals surface area contributed by atoms with Crippen LogP contribution < -0.4 is 0 Å². The number of methoxy groups -OCH3 is 1. The topological polar surface area (TPSA) is 87.9 Å². The molecule has 3 unspecified atom stereocenters. The Balaban J connectivity index is 1.59. The lowest BCUT2D eigenvalue weighted by atomic mass is 9.88. The molecular formula is C25H35ClN4O4S2. The van der Waals surface area contributed by atoms with Gasteiger partial charge < -0.3 is 19.6 Å². The first-order valence-electron chi connectivity index (χ1n) is 12.3. The second-order valence-corrected chi connectivity index (χ2v) is 13.1. The predicted octanol–water partition coefficient (Wildman–Crippen LogP) is 4.96. The van der Waals surface area contributed by atoms with Crippen molar-refractivity contribution in [1.82, 2.24) is 19.6 Å². The summed E-state index contributed by atoms with van der Waals surface area (Å²) < 4.78 is 7.58. The van der Waals surface area contributed by atoms with Gasteiger partial charge in [-0.2, -0.15) is 9.78 Å². The van der Waals surface area contributed by atoms with Crippen LogP contribution in [0.15, 0.2) is 23.2 Å². The summed E-state index contributed by atoms with van der Waals surface area (Å²) in [5.74, 6) is 0.581. The van der Waals surface area contributed by atoms with Crippen LogP contribution in [-0.4, -0.2) is 82.1 Å². The lowest BCUT2D eigenvalue weighted by Crippen LogP contribution is -2.51. The van der Waals surface area contributed by atoms with E-state index < -0.39 is 11.5 Å². The zero-order valence-electron chi connectivity index (χ0n) is 21.3. The van der Waals surface area contributed by atoms with Crippen LogP contribution in [0, 0.1) is 5.41 Å². The molecular weight excluding hydrogens is 520 g/mol. The number of thioether (sulfide) groups is 1. The highest BCUT2D eigenvalue weighted by molar-refractivity contribution is 7.98. The Morgan fingerprint density at radius 1 is 1.31 bits per heavy atom. The van der Waals surface area contributed by atoms with E-state index in [1.54, 1.807) is 23.8 Å². The first-order valence-corrected chi connectivity index (χ1v) is 14.5. The van der Waals surface area contributed by atoms with Gasteiger partial charge in [-0.05, 0) is 58.2 Å². The van der Waals surface area contributed by atoms with Crippen molar-refractivity contribution in [2.24, 2.45) is 5.41 Å². The third kappa shape index (κ3) is 5.93. The highest BCUT2D eigenvalue weighted by atomic mass is 35.5. The highest BCUT2D eigenvalue weighted by Crippen LogP contribution is 2.37. The number of likely N-dealkylation sites (tertiary alicyclic amines) is 2. The Hall–Kier alpha value is -1.59. The molecule has 4 rings (SSSR count). The number of β-amino-alcohol motifs (C(OH)–C–C–N with tert-alkyl or cyclic N) is 1. The molecule has 11 heteroatoms. The smallest absolute Gasteiger partial charge is 0.320 e. The number of carbonyl (C=O) groups is 2. The molecule has 0 radical (unpaired) electrons. The van der Waals surface area contributed by atoms with E-state index >= 15 is 0 Å². The third-order valence-corrected chi connectivity index (χ3v) is 9.47. The zero-order valence-corrected chi connectivity index (χ0v) is 23.7. The Morgan fingerprint density at radius 3 is 2.72 bits per heavy atom. The Labute approximate surface area is 225 Å². The molecule has 0 saturated carbocycles. The van der Waals surface area contributed by atoms with Crippen LogP contribution in [0.4, 0.5) is 4.79 Å². The number of thiophene rings is 1. The number of aliphatic hydroxyl groups is 1. The van der Waals surface area contributed by atoms with Gasteiger partial charge in [0, 0.05) is 49.3 Å². The molecule has 3 atom stereocenters. The average molecular weight is 555 g/mol. The van der Waals surface area contributed by atoms with Crippen LogP contribution in [0.25, 0.3) is 0 Å². The Bertz CT molecular complexity index is 1090. The van der Waals surface area contributed by atoms with Crippen molar-refractivity contribution in [3.63, 3.8) is 0 Å². The van der Waals surface area contributed by atoms with Gasteiger partial charge in [0.25, 0.3) is 5.91 Å². The maximum atomic E-state index is 13.5. The number of aromatic nitrogens is 2. The second-order valence-electron chi connectivity index (χ2n) is 10.3. The molecule has 2 fully saturated rings. The standard InChI is InChI=1S/C25H35ClN4O4S2/c1-16-19(6-5-10-29(16)24(33)28-11-9-17(31)13-28)20-12-22(35-14-18-7-8-21(26)36-18)30(27-20)23(32)25(2,3)15-34-4/h7-8,12,16-17,19,31H,5-6,9-11,13-15H2,1-4H3. The van der Waals surface area contributed by atoms with Crippen molar-refractivity contribution in [2.45, 2.75) is 68.9 Å². The number of halogens is 1. The zero-order chi connectivity index (χ0) is 26.0. The third-order valence-electron chi connectivity index (χ3n) is 7.01. The Kier molecular flexibility index (Phi) is 8.71. The number of piperidine rings is 1. The molecule has 2 aliphatic rings. The average Bonchev–Trinajstić information content (AvgIpc) is 3.56.